The maximum Gasteiger partial charge on any atom is 0.174 e. The summed E-state index contributed by atoms with van der Waals surface area (Å²) in [5, 5.41) is 0. The molecule has 2 aromatic rings. The lowest BCUT2D eigenvalue weighted by atomic mass is 10.2. The second-order valence-corrected chi connectivity index (χ2v) is 6.08. The van der Waals surface area contributed by atoms with Gasteiger partial charge < -0.3 is 4.74 Å². The van der Waals surface area contributed by atoms with Crippen LogP contribution in [0, 0.1) is 3.01 Å². The molecule has 6 heteroatoms. The third-order valence-electron chi connectivity index (χ3n) is 1.81. The molecule has 1 aromatic heterocycles. The molecule has 0 aliphatic rings. The van der Waals surface area contributed by atoms with Gasteiger partial charge in [0.1, 0.15) is 5.75 Å². The maximum atomic E-state index is 5.15. The van der Waals surface area contributed by atoms with Crippen LogP contribution in [0.15, 0.2) is 22.7 Å². The molecule has 1 heterocycles. The van der Waals surface area contributed by atoms with Crippen molar-refractivity contribution in [3.63, 3.8) is 0 Å². The molecule has 0 aliphatic heterocycles. The van der Waals surface area contributed by atoms with E-state index in [2.05, 4.69) is 47.9 Å². The quantitative estimate of drug-likeness (QED) is 0.727. The van der Waals surface area contributed by atoms with Crippen LogP contribution in [0.4, 0.5) is 0 Å². The average molecular weight is 397 g/mol. The first kappa shape index (κ1) is 11.3. The van der Waals surface area contributed by atoms with Gasteiger partial charge in [0.15, 0.2) is 8.84 Å². The van der Waals surface area contributed by atoms with Gasteiger partial charge in [-0.15, -0.1) is 0 Å². The van der Waals surface area contributed by atoms with Crippen molar-refractivity contribution in [2.75, 3.05) is 7.11 Å². The Kier molecular flexibility index (Phi) is 3.57. The highest BCUT2D eigenvalue weighted by molar-refractivity contribution is 14.1. The average Bonchev–Trinajstić information content (AvgIpc) is 2.65. The Hall–Kier alpha value is -0.210. The first-order valence-electron chi connectivity index (χ1n) is 4.04. The zero-order valence-corrected chi connectivity index (χ0v) is 12.3. The lowest BCUT2D eigenvalue weighted by molar-refractivity contribution is 0.412. The summed E-state index contributed by atoms with van der Waals surface area (Å²) in [5.41, 5.74) is 0.988. The molecule has 0 bridgehead atoms. The molecule has 0 fully saturated rings. The van der Waals surface area contributed by atoms with Crippen LogP contribution in [-0.2, 0) is 0 Å². The number of hydrogen-bond acceptors (Lipinski definition) is 4. The highest BCUT2D eigenvalue weighted by atomic mass is 127. The van der Waals surface area contributed by atoms with E-state index in [0.717, 1.165) is 24.6 Å². The standard InChI is InChI=1S/C9H6BrIN2OS/c1-14-7-3-2-5(4-6(7)10)8-12-9(11)15-13-8/h2-4H,1H3. The van der Waals surface area contributed by atoms with Gasteiger partial charge in [0.25, 0.3) is 0 Å². The lowest BCUT2D eigenvalue weighted by Crippen LogP contribution is -1.86. The van der Waals surface area contributed by atoms with E-state index >= 15 is 0 Å². The predicted octanol–water partition coefficient (Wildman–Crippen LogP) is 3.58. The first-order valence-corrected chi connectivity index (χ1v) is 6.68. The van der Waals surface area contributed by atoms with Crippen molar-refractivity contribution in [1.29, 1.82) is 0 Å². The molecule has 0 atom stereocenters. The predicted molar refractivity (Wildman–Crippen MR) is 72.3 cm³/mol. The molecular formula is C9H6BrIN2OS. The summed E-state index contributed by atoms with van der Waals surface area (Å²) in [4.78, 5) is 4.31. The Labute approximate surface area is 113 Å². The SMILES string of the molecule is COc1ccc(-c2nsc(I)n2)cc1Br. The van der Waals surface area contributed by atoms with Gasteiger partial charge in [0.05, 0.1) is 11.6 Å². The van der Waals surface area contributed by atoms with E-state index in [4.69, 9.17) is 4.74 Å². The molecule has 0 amide bonds. The molecule has 0 unspecified atom stereocenters. The molecule has 0 aliphatic carbocycles. The van der Waals surface area contributed by atoms with Crippen molar-refractivity contribution in [3.05, 3.63) is 25.7 Å². The second-order valence-electron chi connectivity index (χ2n) is 2.72. The van der Waals surface area contributed by atoms with E-state index in [9.17, 15) is 0 Å². The Bertz CT molecular complexity index is 489. The normalized spacial score (nSPS) is 10.3. The van der Waals surface area contributed by atoms with Gasteiger partial charge in [-0.2, -0.15) is 4.37 Å². The van der Waals surface area contributed by atoms with E-state index in [-0.39, 0.29) is 0 Å². The molecule has 2 rings (SSSR count). The van der Waals surface area contributed by atoms with Crippen molar-refractivity contribution in [2.24, 2.45) is 0 Å². The minimum Gasteiger partial charge on any atom is -0.496 e. The summed E-state index contributed by atoms with van der Waals surface area (Å²) in [7, 11) is 1.64. The minimum atomic E-state index is 0.757. The third-order valence-corrected chi connectivity index (χ3v) is 3.77. The fraction of sp³-hybridized carbons (Fsp3) is 0.111. The number of benzene rings is 1. The molecule has 1 aromatic carbocycles. The number of nitrogens with zero attached hydrogens (tertiary/aromatic N) is 2. The van der Waals surface area contributed by atoms with Crippen LogP contribution in [0.25, 0.3) is 11.4 Å². The third kappa shape index (κ3) is 2.48. The number of halogens is 2. The second kappa shape index (κ2) is 4.75. The molecule has 0 spiro atoms. The molecule has 0 saturated heterocycles. The van der Waals surface area contributed by atoms with Crippen molar-refractivity contribution in [3.8, 4) is 17.1 Å². The van der Waals surface area contributed by atoms with Gasteiger partial charge in [-0.3, -0.25) is 0 Å². The smallest absolute Gasteiger partial charge is 0.174 e. The van der Waals surface area contributed by atoms with Gasteiger partial charge in [-0.05, 0) is 68.3 Å². The van der Waals surface area contributed by atoms with Crippen molar-refractivity contribution in [1.82, 2.24) is 9.36 Å². The molecule has 0 radical (unpaired) electrons. The van der Waals surface area contributed by atoms with Gasteiger partial charge in [0, 0.05) is 5.56 Å². The summed E-state index contributed by atoms with van der Waals surface area (Å²) in [6, 6.07) is 5.80. The topological polar surface area (TPSA) is 35.0 Å². The van der Waals surface area contributed by atoms with Crippen LogP contribution in [0.2, 0.25) is 0 Å². The summed E-state index contributed by atoms with van der Waals surface area (Å²) in [6.07, 6.45) is 0. The van der Waals surface area contributed by atoms with Gasteiger partial charge in [0.2, 0.25) is 0 Å². The number of rotatable bonds is 2. The molecule has 0 N–H and O–H groups in total. The zero-order valence-electron chi connectivity index (χ0n) is 7.70. The lowest BCUT2D eigenvalue weighted by Gasteiger charge is -2.03. The fourth-order valence-electron chi connectivity index (χ4n) is 1.13. The highest BCUT2D eigenvalue weighted by Crippen LogP contribution is 2.29. The van der Waals surface area contributed by atoms with Crippen LogP contribution in [0.5, 0.6) is 5.75 Å². The molecule has 78 valence electrons. The van der Waals surface area contributed by atoms with E-state index < -0.39 is 0 Å². The number of hydrogen-bond donors (Lipinski definition) is 0. The number of ether oxygens (including phenoxy) is 1. The van der Waals surface area contributed by atoms with Crippen LogP contribution in [-0.4, -0.2) is 16.5 Å². The van der Waals surface area contributed by atoms with Gasteiger partial charge in [-0.25, -0.2) is 4.98 Å². The minimum absolute atomic E-state index is 0.757. The van der Waals surface area contributed by atoms with Crippen molar-refractivity contribution < 1.29 is 4.74 Å². The Morgan fingerprint density at radius 1 is 1.47 bits per heavy atom. The Morgan fingerprint density at radius 3 is 2.80 bits per heavy atom. The van der Waals surface area contributed by atoms with Crippen molar-refractivity contribution >= 4 is 50.1 Å². The van der Waals surface area contributed by atoms with Gasteiger partial charge in [-0.1, -0.05) is 0 Å². The van der Waals surface area contributed by atoms with Crippen LogP contribution in [0.3, 0.4) is 0 Å². The largest absolute Gasteiger partial charge is 0.496 e. The highest BCUT2D eigenvalue weighted by Gasteiger charge is 2.07. The van der Waals surface area contributed by atoms with E-state index in [1.54, 1.807) is 7.11 Å². The molecule has 0 saturated carbocycles. The van der Waals surface area contributed by atoms with Gasteiger partial charge >= 0.3 is 0 Å². The Morgan fingerprint density at radius 2 is 2.27 bits per heavy atom. The number of methoxy groups -OCH3 is 1. The van der Waals surface area contributed by atoms with E-state index in [0.29, 0.717) is 0 Å². The van der Waals surface area contributed by atoms with E-state index in [1.165, 1.54) is 11.5 Å². The first-order chi connectivity index (χ1) is 7.20. The summed E-state index contributed by atoms with van der Waals surface area (Å²) < 4.78 is 11.2. The molecule has 15 heavy (non-hydrogen) atoms. The van der Waals surface area contributed by atoms with Crippen LogP contribution < -0.4 is 4.74 Å². The molecule has 3 nitrogen and oxygen atoms in total. The summed E-state index contributed by atoms with van der Waals surface area (Å²) in [5.74, 6) is 1.57. The van der Waals surface area contributed by atoms with Crippen LogP contribution in [0.1, 0.15) is 0 Å². The van der Waals surface area contributed by atoms with Crippen molar-refractivity contribution in [2.45, 2.75) is 0 Å². The maximum absolute atomic E-state index is 5.15. The summed E-state index contributed by atoms with van der Waals surface area (Å²) in [6.45, 7) is 0. The monoisotopic (exact) mass is 396 g/mol. The fourth-order valence-corrected chi connectivity index (χ4v) is 2.63. The Balaban J connectivity index is 2.42. The number of aromatic nitrogens is 2. The molecular weight excluding hydrogens is 391 g/mol. The summed E-state index contributed by atoms with van der Waals surface area (Å²) >= 11 is 6.99. The van der Waals surface area contributed by atoms with E-state index in [1.807, 2.05) is 18.2 Å². The van der Waals surface area contributed by atoms with Crippen LogP contribution >= 0.6 is 50.1 Å². The zero-order chi connectivity index (χ0) is 10.8.